The minimum Gasteiger partial charge on any atom is -0.372 e. The van der Waals surface area contributed by atoms with Crippen LogP contribution < -0.4 is 5.56 Å². The molecule has 0 spiro atoms. The Balaban J connectivity index is 1.66. The summed E-state index contributed by atoms with van der Waals surface area (Å²) < 4.78 is 7.11. The van der Waals surface area contributed by atoms with Gasteiger partial charge in [-0.3, -0.25) is 14.2 Å². The first kappa shape index (κ1) is 18.8. The Morgan fingerprint density at radius 3 is 2.57 bits per heavy atom. The molecular weight excluding hydrogens is 374 g/mol. The molecule has 0 saturated carbocycles. The molecule has 2 aromatic heterocycles. The molecule has 146 valence electrons. The Bertz CT molecular complexity index is 1060. The molecule has 1 aliphatic heterocycles. The fourth-order valence-electron chi connectivity index (χ4n) is 3.76. The summed E-state index contributed by atoms with van der Waals surface area (Å²) in [5, 5.41) is 0.600. The lowest BCUT2D eigenvalue weighted by Crippen LogP contribution is -2.49. The van der Waals surface area contributed by atoms with Crippen molar-refractivity contribution in [2.24, 2.45) is 0 Å². The van der Waals surface area contributed by atoms with E-state index >= 15 is 0 Å². The smallest absolute Gasteiger partial charge is 0.262 e. The van der Waals surface area contributed by atoms with Gasteiger partial charge in [0.05, 0.1) is 23.9 Å². The third kappa shape index (κ3) is 3.47. The minimum atomic E-state index is -0.163. The molecule has 1 amide bonds. The van der Waals surface area contributed by atoms with E-state index in [-0.39, 0.29) is 30.2 Å². The monoisotopic (exact) mass is 397 g/mol. The van der Waals surface area contributed by atoms with Gasteiger partial charge in [0.25, 0.3) is 5.56 Å². The molecule has 0 N–H and O–H groups in total. The van der Waals surface area contributed by atoms with E-state index in [9.17, 15) is 9.59 Å². The number of benzene rings is 1. The van der Waals surface area contributed by atoms with Crippen LogP contribution in [0.3, 0.4) is 0 Å². The predicted octanol–water partition coefficient (Wildman–Crippen LogP) is 3.07. The van der Waals surface area contributed by atoms with Gasteiger partial charge in [0.15, 0.2) is 0 Å². The molecule has 7 heteroatoms. The lowest BCUT2D eigenvalue weighted by molar-refractivity contribution is -0.143. The van der Waals surface area contributed by atoms with Crippen LogP contribution >= 0.6 is 11.3 Å². The molecule has 0 aliphatic carbocycles. The number of fused-ring (bicyclic) bond motifs is 1. The molecule has 0 radical (unpaired) electrons. The first-order valence-electron chi connectivity index (χ1n) is 9.41. The molecule has 2 atom stereocenters. The average molecular weight is 398 g/mol. The Kier molecular flexibility index (Phi) is 5.03. The summed E-state index contributed by atoms with van der Waals surface area (Å²) >= 11 is 1.51. The third-order valence-electron chi connectivity index (χ3n) is 5.03. The second-order valence-corrected chi connectivity index (χ2v) is 8.34. The summed E-state index contributed by atoms with van der Waals surface area (Å²) in [5.74, 6) is -0.0820. The van der Waals surface area contributed by atoms with Crippen LogP contribution in [-0.4, -0.2) is 45.7 Å². The number of carbonyl (C=O) groups is 1. The zero-order valence-corrected chi connectivity index (χ0v) is 17.0. The number of ether oxygens (including phenoxy) is 1. The number of aryl methyl sites for hydroxylation is 1. The molecule has 3 aromatic rings. The van der Waals surface area contributed by atoms with Gasteiger partial charge >= 0.3 is 0 Å². The molecule has 28 heavy (non-hydrogen) atoms. The highest BCUT2D eigenvalue weighted by atomic mass is 32.1. The normalized spacial score (nSPS) is 19.9. The topological polar surface area (TPSA) is 64.4 Å². The van der Waals surface area contributed by atoms with E-state index in [1.807, 2.05) is 51.1 Å². The van der Waals surface area contributed by atoms with E-state index in [1.54, 1.807) is 4.90 Å². The maximum absolute atomic E-state index is 13.1. The van der Waals surface area contributed by atoms with E-state index in [4.69, 9.17) is 4.74 Å². The standard InChI is InChI=1S/C21H23N3O3S/c1-13-9-23(10-14(2)27-13)17(25)11-24-12-22-20-18(21(24)26)15(3)19(28-20)16-7-5-4-6-8-16/h4-8,12-14H,9-11H2,1-3H3/t13-,14-/m0/s1. The average Bonchev–Trinajstić information content (AvgIpc) is 3.01. The molecule has 3 heterocycles. The van der Waals surface area contributed by atoms with Crippen LogP contribution in [0.1, 0.15) is 19.4 Å². The molecule has 0 unspecified atom stereocenters. The van der Waals surface area contributed by atoms with Gasteiger partial charge in [-0.1, -0.05) is 30.3 Å². The Morgan fingerprint density at radius 1 is 1.21 bits per heavy atom. The second-order valence-electron chi connectivity index (χ2n) is 7.34. The Hall–Kier alpha value is -2.51. The Morgan fingerprint density at radius 2 is 1.89 bits per heavy atom. The lowest BCUT2D eigenvalue weighted by atomic mass is 10.1. The summed E-state index contributed by atoms with van der Waals surface area (Å²) in [6, 6.07) is 9.99. The summed E-state index contributed by atoms with van der Waals surface area (Å²) in [7, 11) is 0. The predicted molar refractivity (Wildman–Crippen MR) is 111 cm³/mol. The molecule has 1 fully saturated rings. The van der Waals surface area contributed by atoms with Crippen LogP contribution in [0.15, 0.2) is 41.5 Å². The van der Waals surface area contributed by atoms with Gasteiger partial charge in [-0.2, -0.15) is 0 Å². The zero-order chi connectivity index (χ0) is 19.8. The molecule has 1 saturated heterocycles. The SMILES string of the molecule is Cc1c(-c2ccccc2)sc2ncn(CC(=O)N3C[C@H](C)O[C@@H](C)C3)c(=O)c12. The maximum atomic E-state index is 13.1. The van der Waals surface area contributed by atoms with Gasteiger partial charge in [0, 0.05) is 18.0 Å². The molecule has 1 aromatic carbocycles. The number of carbonyl (C=O) groups excluding carboxylic acids is 1. The molecule has 4 rings (SSSR count). The van der Waals surface area contributed by atoms with Crippen LogP contribution in [0.4, 0.5) is 0 Å². The number of aromatic nitrogens is 2. The van der Waals surface area contributed by atoms with E-state index in [0.717, 1.165) is 16.0 Å². The molecule has 0 bridgehead atoms. The van der Waals surface area contributed by atoms with Gasteiger partial charge in [-0.15, -0.1) is 11.3 Å². The maximum Gasteiger partial charge on any atom is 0.262 e. The van der Waals surface area contributed by atoms with Crippen molar-refractivity contribution < 1.29 is 9.53 Å². The van der Waals surface area contributed by atoms with Crippen molar-refractivity contribution in [3.8, 4) is 10.4 Å². The van der Waals surface area contributed by atoms with Crippen molar-refractivity contribution in [3.63, 3.8) is 0 Å². The largest absolute Gasteiger partial charge is 0.372 e. The van der Waals surface area contributed by atoms with Crippen molar-refractivity contribution in [2.75, 3.05) is 13.1 Å². The van der Waals surface area contributed by atoms with Crippen LogP contribution in [-0.2, 0) is 16.1 Å². The molecule has 1 aliphatic rings. The van der Waals surface area contributed by atoms with E-state index in [1.165, 1.54) is 22.2 Å². The number of morpholine rings is 1. The first-order valence-corrected chi connectivity index (χ1v) is 10.2. The fourth-order valence-corrected chi connectivity index (χ4v) is 4.91. The van der Waals surface area contributed by atoms with Crippen LogP contribution in [0.25, 0.3) is 20.7 Å². The number of rotatable bonds is 3. The number of hydrogen-bond donors (Lipinski definition) is 0. The number of thiophene rings is 1. The van der Waals surface area contributed by atoms with Crippen LogP contribution in [0.5, 0.6) is 0 Å². The van der Waals surface area contributed by atoms with Crippen molar-refractivity contribution >= 4 is 27.5 Å². The number of amides is 1. The highest BCUT2D eigenvalue weighted by molar-refractivity contribution is 7.22. The lowest BCUT2D eigenvalue weighted by Gasteiger charge is -2.35. The minimum absolute atomic E-state index is 0.00224. The number of hydrogen-bond acceptors (Lipinski definition) is 5. The second kappa shape index (κ2) is 7.48. The molecule has 6 nitrogen and oxygen atoms in total. The quantitative estimate of drug-likeness (QED) is 0.681. The fraction of sp³-hybridized carbons (Fsp3) is 0.381. The van der Waals surface area contributed by atoms with E-state index < -0.39 is 0 Å². The highest BCUT2D eigenvalue weighted by Gasteiger charge is 2.26. The summed E-state index contributed by atoms with van der Waals surface area (Å²) in [6.07, 6.45) is 1.48. The van der Waals surface area contributed by atoms with Crippen molar-refractivity contribution in [1.29, 1.82) is 0 Å². The van der Waals surface area contributed by atoms with Crippen molar-refractivity contribution in [1.82, 2.24) is 14.5 Å². The first-order chi connectivity index (χ1) is 13.4. The summed E-state index contributed by atoms with van der Waals surface area (Å²) in [5.41, 5.74) is 1.82. The third-order valence-corrected chi connectivity index (χ3v) is 6.28. The van der Waals surface area contributed by atoms with E-state index in [2.05, 4.69) is 4.98 Å². The van der Waals surface area contributed by atoms with Crippen molar-refractivity contribution in [2.45, 2.75) is 39.5 Å². The van der Waals surface area contributed by atoms with Gasteiger partial charge in [0.1, 0.15) is 11.4 Å². The van der Waals surface area contributed by atoms with Gasteiger partial charge in [-0.25, -0.2) is 4.98 Å². The van der Waals surface area contributed by atoms with Gasteiger partial charge in [0.2, 0.25) is 5.91 Å². The summed E-state index contributed by atoms with van der Waals surface area (Å²) in [4.78, 5) is 33.8. The van der Waals surface area contributed by atoms with E-state index in [0.29, 0.717) is 23.3 Å². The van der Waals surface area contributed by atoms with Crippen molar-refractivity contribution in [3.05, 3.63) is 52.6 Å². The van der Waals surface area contributed by atoms with Crippen LogP contribution in [0, 0.1) is 6.92 Å². The number of nitrogens with zero attached hydrogens (tertiary/aromatic N) is 3. The van der Waals surface area contributed by atoms with Gasteiger partial charge in [-0.05, 0) is 31.9 Å². The summed E-state index contributed by atoms with van der Waals surface area (Å²) in [6.45, 7) is 6.94. The molecular formula is C21H23N3O3S. The Labute approximate surface area is 167 Å². The van der Waals surface area contributed by atoms with Gasteiger partial charge < -0.3 is 9.64 Å². The van der Waals surface area contributed by atoms with Crippen LogP contribution in [0.2, 0.25) is 0 Å². The highest BCUT2D eigenvalue weighted by Crippen LogP contribution is 2.35. The zero-order valence-electron chi connectivity index (χ0n) is 16.2.